The van der Waals surface area contributed by atoms with E-state index >= 15 is 0 Å². The van der Waals surface area contributed by atoms with Gasteiger partial charge in [-0.15, -0.1) is 0 Å². The van der Waals surface area contributed by atoms with Gasteiger partial charge >= 0.3 is 5.97 Å². The minimum absolute atomic E-state index is 0.173. The Morgan fingerprint density at radius 1 is 1.04 bits per heavy atom. The number of carboxylic acid groups (broad SMARTS) is 1. The SMILES string of the molecule is COc1cc(C(=O)N2CCC(C(=O)O)CC2)cc(OC)c1OC. The number of likely N-dealkylation sites (tertiary alicyclic amines) is 1. The fraction of sp³-hybridized carbons (Fsp3) is 0.500. The molecule has 0 radical (unpaired) electrons. The number of hydrogen-bond acceptors (Lipinski definition) is 5. The third-order valence-corrected chi connectivity index (χ3v) is 4.04. The molecule has 23 heavy (non-hydrogen) atoms. The van der Waals surface area contributed by atoms with Gasteiger partial charge in [0, 0.05) is 18.7 Å². The summed E-state index contributed by atoms with van der Waals surface area (Å²) in [5.41, 5.74) is 0.424. The number of carbonyl (C=O) groups is 2. The molecule has 1 N–H and O–H groups in total. The Hall–Kier alpha value is -2.44. The van der Waals surface area contributed by atoms with Crippen LogP contribution in [0.1, 0.15) is 23.2 Å². The topological polar surface area (TPSA) is 85.3 Å². The summed E-state index contributed by atoms with van der Waals surface area (Å²) >= 11 is 0. The minimum Gasteiger partial charge on any atom is -0.493 e. The average molecular weight is 323 g/mol. The number of piperidine rings is 1. The van der Waals surface area contributed by atoms with Crippen LogP contribution in [0.15, 0.2) is 12.1 Å². The van der Waals surface area contributed by atoms with Crippen LogP contribution >= 0.6 is 0 Å². The molecule has 0 aromatic heterocycles. The van der Waals surface area contributed by atoms with Crippen LogP contribution in [0.25, 0.3) is 0 Å². The minimum atomic E-state index is -0.801. The molecule has 1 aliphatic heterocycles. The number of benzene rings is 1. The van der Waals surface area contributed by atoms with Gasteiger partial charge in [-0.2, -0.15) is 0 Å². The Morgan fingerprint density at radius 3 is 1.96 bits per heavy atom. The first-order chi connectivity index (χ1) is 11.0. The second-order valence-corrected chi connectivity index (χ2v) is 5.32. The smallest absolute Gasteiger partial charge is 0.306 e. The maximum Gasteiger partial charge on any atom is 0.306 e. The van der Waals surface area contributed by atoms with Gasteiger partial charge in [-0.05, 0) is 25.0 Å². The highest BCUT2D eigenvalue weighted by Gasteiger charge is 2.28. The third kappa shape index (κ3) is 3.49. The predicted molar refractivity (Wildman–Crippen MR) is 82.4 cm³/mol. The molecular weight excluding hydrogens is 302 g/mol. The highest BCUT2D eigenvalue weighted by Crippen LogP contribution is 2.38. The summed E-state index contributed by atoms with van der Waals surface area (Å²) in [6.07, 6.45) is 0.928. The van der Waals surface area contributed by atoms with E-state index < -0.39 is 5.97 Å². The number of aliphatic carboxylic acids is 1. The second-order valence-electron chi connectivity index (χ2n) is 5.32. The number of amides is 1. The molecular formula is C16H21NO6. The Bertz CT molecular complexity index is 567. The lowest BCUT2D eigenvalue weighted by Crippen LogP contribution is -2.40. The number of hydrogen-bond donors (Lipinski definition) is 1. The molecule has 1 aromatic rings. The zero-order valence-corrected chi connectivity index (χ0v) is 13.5. The van der Waals surface area contributed by atoms with Crippen molar-refractivity contribution in [3.05, 3.63) is 17.7 Å². The van der Waals surface area contributed by atoms with Crippen LogP contribution in [-0.2, 0) is 4.79 Å². The van der Waals surface area contributed by atoms with Crippen molar-refractivity contribution in [1.29, 1.82) is 0 Å². The molecule has 1 heterocycles. The van der Waals surface area contributed by atoms with Crippen molar-refractivity contribution in [3.8, 4) is 17.2 Å². The molecule has 7 nitrogen and oxygen atoms in total. The standard InChI is InChI=1S/C16H21NO6/c1-21-12-8-11(9-13(22-2)14(12)23-3)15(18)17-6-4-10(5-7-17)16(19)20/h8-10H,4-7H2,1-3H3,(H,19,20). The number of carbonyl (C=O) groups excluding carboxylic acids is 1. The van der Waals surface area contributed by atoms with Gasteiger partial charge < -0.3 is 24.2 Å². The Labute approximate surface area is 134 Å². The van der Waals surface area contributed by atoms with Gasteiger partial charge in [-0.25, -0.2) is 0 Å². The van der Waals surface area contributed by atoms with Crippen molar-refractivity contribution in [2.24, 2.45) is 5.92 Å². The van der Waals surface area contributed by atoms with Crippen LogP contribution in [0.3, 0.4) is 0 Å². The first kappa shape index (κ1) is 16.9. The van der Waals surface area contributed by atoms with E-state index in [9.17, 15) is 9.59 Å². The predicted octanol–water partition coefficient (Wildman–Crippen LogP) is 1.65. The van der Waals surface area contributed by atoms with Gasteiger partial charge in [0.05, 0.1) is 27.2 Å². The molecule has 1 saturated heterocycles. The number of ether oxygens (including phenoxy) is 3. The van der Waals surface area contributed by atoms with Crippen LogP contribution in [0.4, 0.5) is 0 Å². The molecule has 1 aromatic carbocycles. The molecule has 1 aliphatic rings. The van der Waals surface area contributed by atoms with Crippen LogP contribution in [-0.4, -0.2) is 56.3 Å². The molecule has 0 bridgehead atoms. The van der Waals surface area contributed by atoms with E-state index in [2.05, 4.69) is 0 Å². The Kier molecular flexibility index (Phi) is 5.31. The van der Waals surface area contributed by atoms with Gasteiger partial charge in [0.1, 0.15) is 0 Å². The summed E-state index contributed by atoms with van der Waals surface area (Å²) in [4.78, 5) is 25.3. The number of nitrogens with zero attached hydrogens (tertiary/aromatic N) is 1. The van der Waals surface area contributed by atoms with Gasteiger partial charge in [0.15, 0.2) is 11.5 Å². The summed E-state index contributed by atoms with van der Waals surface area (Å²) in [5.74, 6) is -0.0978. The van der Waals surface area contributed by atoms with Crippen molar-refractivity contribution >= 4 is 11.9 Å². The zero-order valence-electron chi connectivity index (χ0n) is 13.5. The van der Waals surface area contributed by atoms with Crippen molar-refractivity contribution in [2.75, 3.05) is 34.4 Å². The number of rotatable bonds is 5. The summed E-state index contributed by atoms with van der Waals surface area (Å²) in [6.45, 7) is 0.846. The first-order valence-corrected chi connectivity index (χ1v) is 7.33. The van der Waals surface area contributed by atoms with E-state index in [0.717, 1.165) is 0 Å². The molecule has 7 heteroatoms. The number of methoxy groups -OCH3 is 3. The fourth-order valence-electron chi connectivity index (χ4n) is 2.72. The van der Waals surface area contributed by atoms with E-state index in [-0.39, 0.29) is 11.8 Å². The van der Waals surface area contributed by atoms with Gasteiger partial charge in [-0.3, -0.25) is 9.59 Å². The van der Waals surface area contributed by atoms with Crippen LogP contribution in [0, 0.1) is 5.92 Å². The molecule has 1 fully saturated rings. The van der Waals surface area contributed by atoms with Gasteiger partial charge in [0.25, 0.3) is 5.91 Å². The van der Waals surface area contributed by atoms with E-state index in [4.69, 9.17) is 19.3 Å². The third-order valence-electron chi connectivity index (χ3n) is 4.04. The summed E-state index contributed by atoms with van der Waals surface area (Å²) in [7, 11) is 4.48. The zero-order chi connectivity index (χ0) is 17.0. The van der Waals surface area contributed by atoms with Crippen LogP contribution < -0.4 is 14.2 Å². The lowest BCUT2D eigenvalue weighted by molar-refractivity contribution is -0.143. The lowest BCUT2D eigenvalue weighted by atomic mass is 9.96. The van der Waals surface area contributed by atoms with Crippen molar-refractivity contribution in [1.82, 2.24) is 4.90 Å². The van der Waals surface area contributed by atoms with Gasteiger partial charge in [0.2, 0.25) is 5.75 Å². The normalized spacial score (nSPS) is 15.2. The molecule has 1 amide bonds. The van der Waals surface area contributed by atoms with Crippen LogP contribution in [0.2, 0.25) is 0 Å². The molecule has 0 aliphatic carbocycles. The second kappa shape index (κ2) is 7.21. The highest BCUT2D eigenvalue weighted by molar-refractivity contribution is 5.95. The Morgan fingerprint density at radius 2 is 1.57 bits per heavy atom. The molecule has 0 unspecified atom stereocenters. The van der Waals surface area contributed by atoms with E-state index in [1.807, 2.05) is 0 Å². The molecule has 2 rings (SSSR count). The maximum absolute atomic E-state index is 12.6. The summed E-state index contributed by atoms with van der Waals surface area (Å²) in [5, 5.41) is 9.02. The van der Waals surface area contributed by atoms with Crippen molar-refractivity contribution in [3.63, 3.8) is 0 Å². The maximum atomic E-state index is 12.6. The van der Waals surface area contributed by atoms with Crippen LogP contribution in [0.5, 0.6) is 17.2 Å². The molecule has 0 atom stereocenters. The molecule has 0 spiro atoms. The molecule has 126 valence electrons. The van der Waals surface area contributed by atoms with E-state index in [1.54, 1.807) is 17.0 Å². The monoisotopic (exact) mass is 323 g/mol. The Balaban J connectivity index is 2.21. The first-order valence-electron chi connectivity index (χ1n) is 7.33. The van der Waals surface area contributed by atoms with Gasteiger partial charge in [-0.1, -0.05) is 0 Å². The number of carboxylic acids is 1. The summed E-state index contributed by atoms with van der Waals surface area (Å²) < 4.78 is 15.7. The largest absolute Gasteiger partial charge is 0.493 e. The lowest BCUT2D eigenvalue weighted by Gasteiger charge is -2.30. The van der Waals surface area contributed by atoms with Crippen molar-refractivity contribution < 1.29 is 28.9 Å². The average Bonchev–Trinajstić information content (AvgIpc) is 2.59. The summed E-state index contributed by atoms with van der Waals surface area (Å²) in [6, 6.07) is 3.21. The molecule has 0 saturated carbocycles. The van der Waals surface area contributed by atoms with Crippen molar-refractivity contribution in [2.45, 2.75) is 12.8 Å². The quantitative estimate of drug-likeness (QED) is 0.887. The fourth-order valence-corrected chi connectivity index (χ4v) is 2.72. The van der Waals surface area contributed by atoms with E-state index in [1.165, 1.54) is 21.3 Å². The van der Waals surface area contributed by atoms with E-state index in [0.29, 0.717) is 48.7 Å². The highest BCUT2D eigenvalue weighted by atomic mass is 16.5.